The van der Waals surface area contributed by atoms with E-state index >= 15 is 0 Å². The molecule has 0 radical (unpaired) electrons. The number of benzene rings is 2. The maximum Gasteiger partial charge on any atom is 0.239 e. The van der Waals surface area contributed by atoms with E-state index in [0.717, 1.165) is 0 Å². The van der Waals surface area contributed by atoms with Crippen LogP contribution in [-0.4, -0.2) is 47.0 Å². The summed E-state index contributed by atoms with van der Waals surface area (Å²) >= 11 is 3.50. The van der Waals surface area contributed by atoms with Crippen LogP contribution in [0.1, 0.15) is 13.3 Å². The molecule has 0 bridgehead atoms. The third kappa shape index (κ3) is 4.98. The van der Waals surface area contributed by atoms with Gasteiger partial charge in [-0.3, -0.25) is 4.79 Å². The van der Waals surface area contributed by atoms with Gasteiger partial charge in [-0.1, -0.05) is 22.9 Å². The highest BCUT2D eigenvalue weighted by atomic mass is 79.9. The van der Waals surface area contributed by atoms with E-state index < -0.39 is 0 Å². The summed E-state index contributed by atoms with van der Waals surface area (Å²) < 4.78 is 39.3. The first-order valence-electron chi connectivity index (χ1n) is 10.2. The smallest absolute Gasteiger partial charge is 0.239 e. The molecule has 0 aliphatic rings. The van der Waals surface area contributed by atoms with Crippen molar-refractivity contribution in [1.29, 1.82) is 0 Å². The van der Waals surface area contributed by atoms with Crippen LogP contribution in [0, 0.1) is 0 Å². The second-order valence-corrected chi connectivity index (χ2v) is 8.69. The van der Waals surface area contributed by atoms with Crippen molar-refractivity contribution in [2.24, 2.45) is 0 Å². The van der Waals surface area contributed by atoms with Gasteiger partial charge in [0.15, 0.2) is 17.3 Å². The van der Waals surface area contributed by atoms with Crippen molar-refractivity contribution in [2.75, 3.05) is 42.2 Å². The summed E-state index contributed by atoms with van der Waals surface area (Å²) in [5, 5.41) is 0.261. The van der Waals surface area contributed by atoms with Crippen molar-refractivity contribution in [3.8, 4) is 45.8 Å². The Bertz CT molecular complexity index is 1160. The number of hydrogen-bond acceptors (Lipinski definition) is 8. The van der Waals surface area contributed by atoms with E-state index in [0.29, 0.717) is 52.9 Å². The first-order valence-corrected chi connectivity index (χ1v) is 11.1. The Balaban J connectivity index is 2.34. The minimum atomic E-state index is -0.360. The third-order valence-corrected chi connectivity index (χ3v) is 5.49. The Hall–Kier alpha value is -3.07. The average Bonchev–Trinajstić information content (AvgIpc) is 2.82. The standard InChI is InChI=1S/C24H27BrO8/c1-13(25)7-8-32-24-21(26)20-16(28-3)11-15(27-2)12-17(20)33-22(24)14-9-18(29-4)23(31-6)19(10-14)30-5/h9-13H,7-8H2,1-6H3. The number of fused-ring (bicyclic) bond motifs is 1. The molecule has 1 unspecified atom stereocenters. The molecule has 0 aliphatic heterocycles. The van der Waals surface area contributed by atoms with Crippen molar-refractivity contribution < 1.29 is 32.8 Å². The van der Waals surface area contributed by atoms with E-state index in [9.17, 15) is 4.79 Å². The fourth-order valence-electron chi connectivity index (χ4n) is 3.38. The first-order chi connectivity index (χ1) is 15.9. The van der Waals surface area contributed by atoms with Gasteiger partial charge in [0.05, 0.1) is 42.2 Å². The molecule has 33 heavy (non-hydrogen) atoms. The molecule has 0 saturated heterocycles. The summed E-state index contributed by atoms with van der Waals surface area (Å²) in [5.41, 5.74) is 0.454. The van der Waals surface area contributed by atoms with E-state index in [4.69, 9.17) is 32.8 Å². The Morgan fingerprint density at radius 3 is 2.00 bits per heavy atom. The van der Waals surface area contributed by atoms with Crippen LogP contribution in [0.5, 0.6) is 34.5 Å². The molecule has 3 rings (SSSR count). The van der Waals surface area contributed by atoms with Gasteiger partial charge < -0.3 is 32.8 Å². The third-order valence-electron chi connectivity index (χ3n) is 5.04. The normalized spacial score (nSPS) is 11.7. The zero-order valence-electron chi connectivity index (χ0n) is 19.4. The highest BCUT2D eigenvalue weighted by Gasteiger charge is 2.24. The zero-order valence-corrected chi connectivity index (χ0v) is 21.0. The second-order valence-electron chi connectivity index (χ2n) is 7.12. The first kappa shape index (κ1) is 24.6. The van der Waals surface area contributed by atoms with Gasteiger partial charge in [-0.15, -0.1) is 0 Å². The molecule has 8 nitrogen and oxygen atoms in total. The van der Waals surface area contributed by atoms with E-state index in [-0.39, 0.29) is 27.2 Å². The summed E-state index contributed by atoms with van der Waals surface area (Å²) in [6.45, 7) is 2.31. The summed E-state index contributed by atoms with van der Waals surface area (Å²) in [6, 6.07) is 6.65. The molecule has 1 aromatic heterocycles. The Morgan fingerprint density at radius 1 is 0.848 bits per heavy atom. The monoisotopic (exact) mass is 522 g/mol. The number of hydrogen-bond donors (Lipinski definition) is 0. The van der Waals surface area contributed by atoms with Crippen LogP contribution in [0.25, 0.3) is 22.3 Å². The summed E-state index contributed by atoms with van der Waals surface area (Å²) in [4.78, 5) is 13.8. The van der Waals surface area contributed by atoms with Crippen molar-refractivity contribution in [3.05, 3.63) is 34.5 Å². The van der Waals surface area contributed by atoms with Crippen molar-refractivity contribution in [2.45, 2.75) is 18.2 Å². The summed E-state index contributed by atoms with van der Waals surface area (Å²) in [6.07, 6.45) is 0.686. The SMILES string of the molecule is COc1cc(OC)c2c(=O)c(OCCC(C)Br)c(-c3cc(OC)c(OC)c(OC)c3)oc2c1. The molecule has 0 N–H and O–H groups in total. The van der Waals surface area contributed by atoms with Crippen LogP contribution in [0.2, 0.25) is 0 Å². The lowest BCUT2D eigenvalue weighted by Gasteiger charge is -2.17. The number of rotatable bonds is 10. The predicted octanol–water partition coefficient (Wildman–Crippen LogP) is 5.06. The van der Waals surface area contributed by atoms with Crippen molar-refractivity contribution >= 4 is 26.9 Å². The molecule has 178 valence electrons. The van der Waals surface area contributed by atoms with Gasteiger partial charge >= 0.3 is 0 Å². The number of ether oxygens (including phenoxy) is 6. The molecule has 3 aromatic rings. The van der Waals surface area contributed by atoms with Gasteiger partial charge in [0, 0.05) is 22.5 Å². The van der Waals surface area contributed by atoms with E-state index in [1.807, 2.05) is 6.92 Å². The minimum Gasteiger partial charge on any atom is -0.496 e. The van der Waals surface area contributed by atoms with E-state index in [1.54, 1.807) is 24.3 Å². The molecule has 0 aliphatic carbocycles. The van der Waals surface area contributed by atoms with Gasteiger partial charge in [0.25, 0.3) is 0 Å². The quantitative estimate of drug-likeness (QED) is 0.341. The maximum atomic E-state index is 13.6. The molecule has 0 saturated carbocycles. The van der Waals surface area contributed by atoms with Gasteiger partial charge in [0.2, 0.25) is 16.9 Å². The van der Waals surface area contributed by atoms with Crippen LogP contribution in [0.15, 0.2) is 33.5 Å². The van der Waals surface area contributed by atoms with Gasteiger partial charge in [0.1, 0.15) is 22.5 Å². The second kappa shape index (κ2) is 10.7. The van der Waals surface area contributed by atoms with Crippen molar-refractivity contribution in [1.82, 2.24) is 0 Å². The molecule has 0 fully saturated rings. The van der Waals surface area contributed by atoms with Crippen molar-refractivity contribution in [3.63, 3.8) is 0 Å². The van der Waals surface area contributed by atoms with Gasteiger partial charge in [-0.05, 0) is 18.6 Å². The van der Waals surface area contributed by atoms with Crippen LogP contribution < -0.4 is 33.8 Å². The molecular formula is C24H27BrO8. The van der Waals surface area contributed by atoms with Gasteiger partial charge in [-0.2, -0.15) is 0 Å². The molecule has 1 heterocycles. The van der Waals surface area contributed by atoms with Crippen LogP contribution >= 0.6 is 15.9 Å². The lowest BCUT2D eigenvalue weighted by Crippen LogP contribution is -2.13. The molecule has 0 amide bonds. The fraction of sp³-hybridized carbons (Fsp3) is 0.375. The highest BCUT2D eigenvalue weighted by Crippen LogP contribution is 2.44. The van der Waals surface area contributed by atoms with Gasteiger partial charge in [-0.25, -0.2) is 0 Å². The topological polar surface area (TPSA) is 85.6 Å². The van der Waals surface area contributed by atoms with E-state index in [1.165, 1.54) is 35.5 Å². The molecule has 1 atom stereocenters. The molecule has 9 heteroatoms. The molecular weight excluding hydrogens is 496 g/mol. The number of halogens is 1. The summed E-state index contributed by atoms with van der Waals surface area (Å²) in [5.74, 6) is 2.35. The number of methoxy groups -OCH3 is 5. The highest BCUT2D eigenvalue weighted by molar-refractivity contribution is 9.09. The van der Waals surface area contributed by atoms with E-state index in [2.05, 4.69) is 15.9 Å². The Kier molecular flexibility index (Phi) is 7.97. The largest absolute Gasteiger partial charge is 0.496 e. The molecule has 2 aromatic carbocycles. The van der Waals surface area contributed by atoms with Crippen LogP contribution in [0.4, 0.5) is 0 Å². The van der Waals surface area contributed by atoms with Crippen LogP contribution in [-0.2, 0) is 0 Å². The van der Waals surface area contributed by atoms with Crippen LogP contribution in [0.3, 0.4) is 0 Å². The zero-order chi connectivity index (χ0) is 24.1. The average molecular weight is 523 g/mol. The Labute approximate surface area is 200 Å². The lowest BCUT2D eigenvalue weighted by atomic mass is 10.1. The summed E-state index contributed by atoms with van der Waals surface area (Å²) in [7, 11) is 7.56. The Morgan fingerprint density at radius 2 is 1.48 bits per heavy atom. The fourth-order valence-corrected chi connectivity index (χ4v) is 3.57. The maximum absolute atomic E-state index is 13.6. The lowest BCUT2D eigenvalue weighted by molar-refractivity contribution is 0.303. The minimum absolute atomic E-state index is 0.0633. The molecule has 0 spiro atoms. The number of alkyl halides is 1. The predicted molar refractivity (Wildman–Crippen MR) is 129 cm³/mol.